The van der Waals surface area contributed by atoms with E-state index in [2.05, 4.69) is 24.9 Å². The van der Waals surface area contributed by atoms with Gasteiger partial charge in [-0.1, -0.05) is 0 Å². The van der Waals surface area contributed by atoms with E-state index < -0.39 is 93.0 Å². The van der Waals surface area contributed by atoms with Crippen LogP contribution in [0.4, 0.5) is 24.9 Å². The number of rotatable bonds is 2. The molecule has 4 aromatic rings. The summed E-state index contributed by atoms with van der Waals surface area (Å²) in [7, 11) is 0. The van der Waals surface area contributed by atoms with Crippen molar-refractivity contribution < 1.29 is 50.5 Å². The van der Waals surface area contributed by atoms with E-state index in [9.17, 15) is 14.6 Å². The maximum absolute atomic E-state index is 16.2. The Morgan fingerprint density at radius 2 is 1.75 bits per heavy atom. The van der Waals surface area contributed by atoms with E-state index in [-0.39, 0.29) is 28.6 Å². The van der Waals surface area contributed by atoms with E-state index in [1.54, 1.807) is 6.07 Å². The number of H-pyrrole nitrogens is 1. The Hall–Kier alpha value is -2.66. The minimum Gasteiger partial charge on any atom is -0.383 e. The average Bonchev–Trinajstić information content (AvgIpc) is 3.49. The summed E-state index contributed by atoms with van der Waals surface area (Å²) >= 11 is 10.4. The van der Waals surface area contributed by atoms with Crippen molar-refractivity contribution in [2.75, 3.05) is 24.7 Å². The third-order valence-corrected chi connectivity index (χ3v) is 11.9. The molecule has 1 aliphatic carbocycles. The monoisotopic (exact) mass is 753 g/mol. The number of ether oxygens (including phenoxy) is 2. The predicted octanol–water partition coefficient (Wildman–Crippen LogP) is 1.14. The fraction of sp³-hybridized carbons (Fsp3) is 0.522. The topological polar surface area (TPSA) is 242 Å². The number of anilines is 2. The molecule has 2 bridgehead atoms. The summed E-state index contributed by atoms with van der Waals surface area (Å²) in [6.07, 6.45) is -8.50. The molecule has 25 heteroatoms. The molecule has 3 saturated heterocycles. The summed E-state index contributed by atoms with van der Waals surface area (Å²) in [6, 6.07) is 1.54. The molecule has 2 unspecified atom stereocenters. The zero-order chi connectivity index (χ0) is 34.0. The second-order valence-electron chi connectivity index (χ2n) is 11.6. The summed E-state index contributed by atoms with van der Waals surface area (Å²) in [5.74, 6) is -3.57. The van der Waals surface area contributed by atoms with E-state index >= 15 is 13.2 Å². The molecule has 4 aliphatic rings. The molecule has 0 radical (unpaired) electrons. The molecule has 4 aromatic heterocycles. The number of nitrogens with two attached hydrogens (primary N) is 2. The Kier molecular flexibility index (Phi) is 7.40. The number of imidazole rings is 1. The van der Waals surface area contributed by atoms with Crippen LogP contribution in [0.5, 0.6) is 0 Å². The van der Waals surface area contributed by atoms with E-state index in [0.29, 0.717) is 5.39 Å². The Morgan fingerprint density at radius 1 is 1.02 bits per heavy atom. The number of fused-ring (bicyclic) bond motifs is 3. The molecule has 0 amide bonds. The average molecular weight is 754 g/mol. The number of hydrogen-bond acceptors (Lipinski definition) is 15. The van der Waals surface area contributed by atoms with Crippen molar-refractivity contribution >= 4 is 71.0 Å². The lowest BCUT2D eigenvalue weighted by Crippen LogP contribution is -2.37. The molecular weight excluding hydrogens is 729 g/mol. The van der Waals surface area contributed by atoms with Crippen molar-refractivity contribution in [3.63, 3.8) is 0 Å². The molecule has 3 aliphatic heterocycles. The van der Waals surface area contributed by atoms with Crippen molar-refractivity contribution in [1.82, 2.24) is 34.1 Å². The van der Waals surface area contributed by atoms with Gasteiger partial charge in [0.1, 0.15) is 36.1 Å². The van der Waals surface area contributed by atoms with Crippen LogP contribution in [-0.4, -0.2) is 93.6 Å². The van der Waals surface area contributed by atoms with Gasteiger partial charge < -0.3 is 44.3 Å². The highest BCUT2D eigenvalue weighted by Crippen LogP contribution is 2.73. The van der Waals surface area contributed by atoms with E-state index in [0.717, 1.165) is 10.9 Å². The summed E-state index contributed by atoms with van der Waals surface area (Å²) in [6.45, 7) is -10.4. The van der Waals surface area contributed by atoms with Gasteiger partial charge in [-0.25, -0.2) is 28.1 Å². The van der Waals surface area contributed by atoms with Gasteiger partial charge in [-0.05, 0) is 29.7 Å². The maximum Gasteiger partial charge on any atom is 0.325 e. The van der Waals surface area contributed by atoms with E-state index in [4.69, 9.17) is 62.6 Å². The first-order valence-electron chi connectivity index (χ1n) is 14.0. The number of nitrogens with zero attached hydrogens (tertiary/aromatic N) is 6. The van der Waals surface area contributed by atoms with Crippen LogP contribution in [0.1, 0.15) is 18.9 Å². The minimum absolute atomic E-state index is 0.113. The molecular formula is C23H24F3N9O9P2S2. The molecule has 4 fully saturated rings. The van der Waals surface area contributed by atoms with Crippen molar-refractivity contribution in [2.45, 2.75) is 55.4 Å². The van der Waals surface area contributed by atoms with Gasteiger partial charge in [0.05, 0.1) is 36.4 Å². The zero-order valence-electron chi connectivity index (χ0n) is 23.9. The number of nitrogen functional groups attached to an aromatic ring is 2. The standard InChI is InChI=1S/C23H24F3N9O9P2S2/c24-11-13-9(41-19(11)35-7-31-12-17(35)32-21(28)33-18(12)36)3-39-46(38,48)44-14-20(34-2-1-8-15(27)29-6-30-16(8)34)42-10(4-40-45(37,47)43-13)22(14)5-23(22,25)26/h1-2,6-7,9-11,13-14,19-20H,3-5H2,(H,37,47)(H,38,48)(H2,27,29,30)(H3,28,32,33,36)/t9-,10-,11-,13-,14+,19-,20-,22+,45?,46?/m1/s1. The summed E-state index contributed by atoms with van der Waals surface area (Å²) in [4.78, 5) is 53.0. The summed E-state index contributed by atoms with van der Waals surface area (Å²) in [5.41, 5.74) is 8.72. The van der Waals surface area contributed by atoms with Crippen LogP contribution in [0.25, 0.3) is 22.2 Å². The Balaban J connectivity index is 1.15. The van der Waals surface area contributed by atoms with E-state index in [1.165, 1.54) is 17.1 Å². The molecule has 7 N–H and O–H groups in total. The Morgan fingerprint density at radius 3 is 2.50 bits per heavy atom. The molecule has 7 heterocycles. The predicted molar refractivity (Wildman–Crippen MR) is 164 cm³/mol. The lowest BCUT2D eigenvalue weighted by molar-refractivity contribution is -0.0604. The SMILES string of the molecule is Nc1nc2c(ncn2[C@@H]2O[C@@H]3COP(O)(=S)O[C@H]4[C@H](n5ccc6c(N)ncnc65)O[C@H](COP(O)(=S)O[C@H]3[C@H]2F)[C@@]42CC2(F)F)c(=O)[nH]1. The zero-order valence-corrected chi connectivity index (χ0v) is 27.3. The Labute approximate surface area is 276 Å². The van der Waals surface area contributed by atoms with Crippen molar-refractivity contribution in [3.8, 4) is 0 Å². The van der Waals surface area contributed by atoms with Gasteiger partial charge in [-0.3, -0.25) is 23.4 Å². The lowest BCUT2D eigenvalue weighted by atomic mass is 9.94. The van der Waals surface area contributed by atoms with E-state index in [1.807, 2.05) is 0 Å². The fourth-order valence-corrected chi connectivity index (χ4v) is 9.38. The van der Waals surface area contributed by atoms with Crippen LogP contribution in [0.2, 0.25) is 0 Å². The lowest BCUT2D eigenvalue weighted by Gasteiger charge is -2.29. The van der Waals surface area contributed by atoms with Crippen molar-refractivity contribution in [2.24, 2.45) is 5.41 Å². The van der Waals surface area contributed by atoms with Crippen LogP contribution in [-0.2, 0) is 51.2 Å². The van der Waals surface area contributed by atoms with Crippen LogP contribution < -0.4 is 17.0 Å². The first kappa shape index (κ1) is 32.5. The van der Waals surface area contributed by atoms with Crippen LogP contribution in [0.3, 0.4) is 0 Å². The molecule has 48 heavy (non-hydrogen) atoms. The first-order valence-corrected chi connectivity index (χ1v) is 19.2. The molecule has 258 valence electrons. The van der Waals surface area contributed by atoms with Gasteiger partial charge in [0.25, 0.3) is 11.5 Å². The molecule has 8 rings (SSSR count). The third kappa shape index (κ3) is 5.03. The Bertz CT molecular complexity index is 2120. The van der Waals surface area contributed by atoms with Crippen molar-refractivity contribution in [1.29, 1.82) is 0 Å². The van der Waals surface area contributed by atoms with Gasteiger partial charge in [-0.15, -0.1) is 0 Å². The molecule has 10 atom stereocenters. The molecule has 0 aromatic carbocycles. The number of nitrogens with one attached hydrogen (secondary N) is 1. The second-order valence-corrected chi connectivity index (χ2v) is 17.1. The molecule has 18 nitrogen and oxygen atoms in total. The molecule has 1 saturated carbocycles. The summed E-state index contributed by atoms with van der Waals surface area (Å²) < 4.78 is 83.8. The first-order chi connectivity index (χ1) is 22.6. The highest BCUT2D eigenvalue weighted by molar-refractivity contribution is 8.07. The fourth-order valence-electron chi connectivity index (χ4n) is 6.52. The quantitative estimate of drug-likeness (QED) is 0.180. The van der Waals surface area contributed by atoms with Crippen LogP contribution in [0.15, 0.2) is 29.7 Å². The van der Waals surface area contributed by atoms with Gasteiger partial charge in [0.15, 0.2) is 29.8 Å². The largest absolute Gasteiger partial charge is 0.383 e. The number of hydrogen-bond donors (Lipinski definition) is 5. The van der Waals surface area contributed by atoms with Crippen LogP contribution in [0, 0.1) is 5.41 Å². The van der Waals surface area contributed by atoms with Gasteiger partial charge in [-0.2, -0.15) is 4.98 Å². The highest BCUT2D eigenvalue weighted by atomic mass is 32.5. The smallest absolute Gasteiger partial charge is 0.325 e. The third-order valence-electron chi connectivity index (χ3n) is 8.81. The summed E-state index contributed by atoms with van der Waals surface area (Å²) in [5, 5.41) is 0.387. The maximum atomic E-state index is 16.2. The van der Waals surface area contributed by atoms with Gasteiger partial charge >= 0.3 is 13.4 Å². The number of aromatic amines is 1. The number of halogens is 3. The van der Waals surface area contributed by atoms with Crippen molar-refractivity contribution in [3.05, 3.63) is 35.3 Å². The second kappa shape index (κ2) is 10.9. The molecule has 1 spiro atoms. The van der Waals surface area contributed by atoms with Gasteiger partial charge in [0, 0.05) is 12.6 Å². The highest BCUT2D eigenvalue weighted by Gasteiger charge is 2.83. The normalized spacial score (nSPS) is 39.6. The van der Waals surface area contributed by atoms with Crippen LogP contribution >= 0.6 is 13.4 Å². The van der Waals surface area contributed by atoms with Gasteiger partial charge in [0.2, 0.25) is 5.95 Å². The number of alkyl halides is 3. The number of aromatic nitrogens is 7. The minimum atomic E-state index is -4.46.